The van der Waals surface area contributed by atoms with Crippen molar-refractivity contribution in [3.63, 3.8) is 0 Å². The third kappa shape index (κ3) is 4.20. The van der Waals surface area contributed by atoms with Crippen molar-refractivity contribution in [3.05, 3.63) is 76.4 Å². The number of esters is 1. The van der Waals surface area contributed by atoms with Crippen molar-refractivity contribution in [1.82, 2.24) is 0 Å². The van der Waals surface area contributed by atoms with Gasteiger partial charge in [0, 0.05) is 28.0 Å². The van der Waals surface area contributed by atoms with Crippen LogP contribution in [-0.4, -0.2) is 18.0 Å². The monoisotopic (exact) mass is 315 g/mol. The number of thioether (sulfide) groups is 1. The highest BCUT2D eigenvalue weighted by Crippen LogP contribution is 2.34. The van der Waals surface area contributed by atoms with Crippen molar-refractivity contribution in [2.24, 2.45) is 0 Å². The zero-order valence-electron chi connectivity index (χ0n) is 11.8. The molecule has 2 aromatic carbocycles. The number of ether oxygens (including phenoxy) is 1. The highest BCUT2D eigenvalue weighted by Gasteiger charge is 2.10. The number of methoxy groups -OCH3 is 1. The minimum Gasteiger partial charge on any atom is -0.466 e. The molecule has 0 saturated heterocycles. The second-order valence-electron chi connectivity index (χ2n) is 4.25. The molecule has 22 heavy (non-hydrogen) atoms. The summed E-state index contributed by atoms with van der Waals surface area (Å²) in [5.74, 6) is -0.475. The molecule has 0 aliphatic heterocycles. The van der Waals surface area contributed by atoms with Crippen LogP contribution < -0.4 is 0 Å². The summed E-state index contributed by atoms with van der Waals surface area (Å²) in [5, 5.41) is 10.7. The first-order valence-corrected chi connectivity index (χ1v) is 7.19. The fourth-order valence-corrected chi connectivity index (χ4v) is 2.66. The number of carbonyl (C=O) groups excluding carboxylic acids is 1. The van der Waals surface area contributed by atoms with Gasteiger partial charge in [0.2, 0.25) is 0 Å². The summed E-state index contributed by atoms with van der Waals surface area (Å²) < 4.78 is 4.66. The van der Waals surface area contributed by atoms with E-state index in [0.717, 1.165) is 4.90 Å². The van der Waals surface area contributed by atoms with Gasteiger partial charge in [-0.3, -0.25) is 10.1 Å². The van der Waals surface area contributed by atoms with E-state index in [2.05, 4.69) is 4.74 Å². The van der Waals surface area contributed by atoms with Crippen molar-refractivity contribution >= 4 is 28.3 Å². The van der Waals surface area contributed by atoms with E-state index < -0.39 is 10.9 Å². The van der Waals surface area contributed by atoms with E-state index in [1.807, 2.05) is 30.3 Å². The maximum atomic E-state index is 11.5. The van der Waals surface area contributed by atoms with Crippen LogP contribution in [0.2, 0.25) is 0 Å². The minimum absolute atomic E-state index is 0.00544. The SMILES string of the molecule is COC(=O)/C=C(/Sc1ccccc1)c1ccc([N+](=O)[O-])cc1. The van der Waals surface area contributed by atoms with E-state index in [-0.39, 0.29) is 5.69 Å². The summed E-state index contributed by atoms with van der Waals surface area (Å²) in [6, 6.07) is 15.6. The van der Waals surface area contributed by atoms with E-state index in [4.69, 9.17) is 0 Å². The first kappa shape index (κ1) is 15.8. The van der Waals surface area contributed by atoms with E-state index in [0.29, 0.717) is 10.5 Å². The smallest absolute Gasteiger partial charge is 0.331 e. The average molecular weight is 315 g/mol. The molecule has 112 valence electrons. The lowest BCUT2D eigenvalue weighted by atomic mass is 10.2. The number of nitro benzene ring substituents is 1. The zero-order chi connectivity index (χ0) is 15.9. The largest absolute Gasteiger partial charge is 0.466 e. The van der Waals surface area contributed by atoms with Crippen molar-refractivity contribution in [1.29, 1.82) is 0 Å². The molecule has 0 saturated carbocycles. The number of nitrogens with zero attached hydrogens (tertiary/aromatic N) is 1. The summed E-state index contributed by atoms with van der Waals surface area (Å²) in [5.41, 5.74) is 0.718. The lowest BCUT2D eigenvalue weighted by Gasteiger charge is -2.07. The molecular formula is C16H13NO4S. The topological polar surface area (TPSA) is 69.4 Å². The van der Waals surface area contributed by atoms with E-state index in [1.165, 1.54) is 37.1 Å². The third-order valence-corrected chi connectivity index (χ3v) is 3.87. The predicted molar refractivity (Wildman–Crippen MR) is 85.4 cm³/mol. The molecule has 0 unspecified atom stereocenters. The van der Waals surface area contributed by atoms with Crippen LogP contribution in [0.5, 0.6) is 0 Å². The molecule has 0 amide bonds. The minimum atomic E-state index is -0.475. The Balaban J connectivity index is 2.34. The van der Waals surface area contributed by atoms with Gasteiger partial charge < -0.3 is 4.74 Å². The van der Waals surface area contributed by atoms with E-state index in [1.54, 1.807) is 12.1 Å². The van der Waals surface area contributed by atoms with Crippen molar-refractivity contribution in [2.75, 3.05) is 7.11 Å². The number of nitro groups is 1. The van der Waals surface area contributed by atoms with Crippen LogP contribution in [0, 0.1) is 10.1 Å². The maximum Gasteiger partial charge on any atom is 0.331 e. The molecule has 0 aliphatic carbocycles. The summed E-state index contributed by atoms with van der Waals surface area (Å²) in [6.45, 7) is 0. The van der Waals surface area contributed by atoms with Gasteiger partial charge in [-0.25, -0.2) is 4.79 Å². The molecule has 2 rings (SSSR count). The second kappa shape index (κ2) is 7.42. The van der Waals surface area contributed by atoms with Crippen molar-refractivity contribution < 1.29 is 14.5 Å². The molecule has 0 radical (unpaired) electrons. The van der Waals surface area contributed by atoms with Gasteiger partial charge in [0.15, 0.2) is 0 Å². The van der Waals surface area contributed by atoms with Crippen LogP contribution in [-0.2, 0) is 9.53 Å². The van der Waals surface area contributed by atoms with Gasteiger partial charge in [-0.05, 0) is 29.8 Å². The third-order valence-electron chi connectivity index (χ3n) is 2.78. The normalized spacial score (nSPS) is 11.0. The molecule has 0 aromatic heterocycles. The number of carbonyl (C=O) groups is 1. The second-order valence-corrected chi connectivity index (χ2v) is 5.37. The fourth-order valence-electron chi connectivity index (χ4n) is 1.70. The predicted octanol–water partition coefficient (Wildman–Crippen LogP) is 3.90. The van der Waals surface area contributed by atoms with Gasteiger partial charge in [-0.2, -0.15) is 0 Å². The average Bonchev–Trinajstić information content (AvgIpc) is 2.55. The van der Waals surface area contributed by atoms with E-state index >= 15 is 0 Å². The fraction of sp³-hybridized carbons (Fsp3) is 0.0625. The molecule has 0 aliphatic rings. The number of rotatable bonds is 5. The van der Waals surface area contributed by atoms with Crippen molar-refractivity contribution in [2.45, 2.75) is 4.90 Å². The molecule has 0 N–H and O–H groups in total. The van der Waals surface area contributed by atoms with Crippen LogP contribution in [0.4, 0.5) is 5.69 Å². The van der Waals surface area contributed by atoms with Crippen LogP contribution >= 0.6 is 11.8 Å². The van der Waals surface area contributed by atoms with Crippen molar-refractivity contribution in [3.8, 4) is 0 Å². The first-order chi connectivity index (χ1) is 10.6. The highest BCUT2D eigenvalue weighted by molar-refractivity contribution is 8.08. The number of non-ortho nitro benzene ring substituents is 1. The number of hydrogen-bond donors (Lipinski definition) is 0. The van der Waals surface area contributed by atoms with Crippen LogP contribution in [0.3, 0.4) is 0 Å². The Bertz CT molecular complexity index is 696. The Morgan fingerprint density at radius 3 is 2.32 bits per heavy atom. The molecule has 6 heteroatoms. The molecule has 0 atom stereocenters. The Morgan fingerprint density at radius 2 is 1.77 bits per heavy atom. The van der Waals surface area contributed by atoms with Gasteiger partial charge in [-0.15, -0.1) is 0 Å². The summed E-state index contributed by atoms with van der Waals surface area (Å²) >= 11 is 1.39. The Labute approximate surface area is 131 Å². The standard InChI is InChI=1S/C16H13NO4S/c1-21-16(18)11-15(22-14-5-3-2-4-6-14)12-7-9-13(10-8-12)17(19)20/h2-11H,1H3/b15-11+. The lowest BCUT2D eigenvalue weighted by Crippen LogP contribution is -1.96. The van der Waals surface area contributed by atoms with Crippen LogP contribution in [0.25, 0.3) is 4.91 Å². The van der Waals surface area contributed by atoms with Gasteiger partial charge in [-0.1, -0.05) is 30.0 Å². The van der Waals surface area contributed by atoms with Gasteiger partial charge >= 0.3 is 5.97 Å². The number of hydrogen-bond acceptors (Lipinski definition) is 5. The molecule has 0 heterocycles. The van der Waals surface area contributed by atoms with Gasteiger partial charge in [0.1, 0.15) is 0 Å². The van der Waals surface area contributed by atoms with Gasteiger partial charge in [0.25, 0.3) is 5.69 Å². The summed E-state index contributed by atoms with van der Waals surface area (Å²) in [4.78, 5) is 23.4. The Morgan fingerprint density at radius 1 is 1.14 bits per heavy atom. The van der Waals surface area contributed by atoms with E-state index in [9.17, 15) is 14.9 Å². The van der Waals surface area contributed by atoms with Gasteiger partial charge in [0.05, 0.1) is 12.0 Å². The Kier molecular flexibility index (Phi) is 5.32. The maximum absolute atomic E-state index is 11.5. The van der Waals surface area contributed by atoms with Crippen LogP contribution in [0.15, 0.2) is 65.6 Å². The summed E-state index contributed by atoms with van der Waals surface area (Å²) in [7, 11) is 1.31. The molecule has 0 bridgehead atoms. The number of benzene rings is 2. The lowest BCUT2D eigenvalue weighted by molar-refractivity contribution is -0.384. The molecule has 0 fully saturated rings. The highest BCUT2D eigenvalue weighted by atomic mass is 32.2. The zero-order valence-corrected chi connectivity index (χ0v) is 12.6. The molecule has 0 spiro atoms. The molecule has 5 nitrogen and oxygen atoms in total. The quantitative estimate of drug-likeness (QED) is 0.275. The molecular weight excluding hydrogens is 302 g/mol. The summed E-state index contributed by atoms with van der Waals surface area (Å²) in [6.07, 6.45) is 1.37. The van der Waals surface area contributed by atoms with Crippen LogP contribution in [0.1, 0.15) is 5.56 Å². The Hall–Kier alpha value is -2.60. The first-order valence-electron chi connectivity index (χ1n) is 6.37. The molecule has 2 aromatic rings.